The average molecular weight is 389 g/mol. The standard InChI is InChI=1S/C19H23N3O4S/c1-27(25,26)15-10-13-6-7-14(11-15)22(13)18(23)8-9-21-12-20-17-5-3-2-4-16(17)19(21)24/h2-5,12-15H,6-11H2,1H3/t13-,14+,15?. The molecule has 7 nitrogen and oxygen atoms in total. The maximum Gasteiger partial charge on any atom is 0.261 e. The van der Waals surface area contributed by atoms with Crippen LogP contribution in [0.25, 0.3) is 10.9 Å². The van der Waals surface area contributed by atoms with Gasteiger partial charge in [-0.2, -0.15) is 0 Å². The van der Waals surface area contributed by atoms with E-state index in [2.05, 4.69) is 4.98 Å². The van der Waals surface area contributed by atoms with Crippen molar-refractivity contribution in [3.63, 3.8) is 0 Å². The number of amides is 1. The molecule has 0 spiro atoms. The molecule has 2 aromatic rings. The van der Waals surface area contributed by atoms with E-state index in [1.54, 1.807) is 18.2 Å². The third-order valence-electron chi connectivity index (χ3n) is 5.88. The summed E-state index contributed by atoms with van der Waals surface area (Å²) in [6.45, 7) is 0.279. The number of carbonyl (C=O) groups excluding carboxylic acids is 1. The SMILES string of the molecule is CS(=O)(=O)C1C[C@H]2CC[C@@H](C1)N2C(=O)CCn1cnc2ccccc2c1=O. The van der Waals surface area contributed by atoms with Crippen molar-refractivity contribution in [3.05, 3.63) is 40.9 Å². The third-order valence-corrected chi connectivity index (χ3v) is 7.48. The fourth-order valence-corrected chi connectivity index (χ4v) is 5.64. The van der Waals surface area contributed by atoms with Gasteiger partial charge in [0.2, 0.25) is 5.91 Å². The molecule has 3 heterocycles. The molecule has 144 valence electrons. The van der Waals surface area contributed by atoms with Crippen LogP contribution >= 0.6 is 0 Å². The number of hydrogen-bond donors (Lipinski definition) is 0. The monoisotopic (exact) mass is 389 g/mol. The van der Waals surface area contributed by atoms with Gasteiger partial charge in [-0.1, -0.05) is 12.1 Å². The number of para-hydroxylation sites is 1. The minimum Gasteiger partial charge on any atom is -0.337 e. The number of aryl methyl sites for hydroxylation is 1. The van der Waals surface area contributed by atoms with Crippen molar-refractivity contribution in [3.8, 4) is 0 Å². The number of piperidine rings is 1. The molecule has 3 atom stereocenters. The Labute approximate surface area is 157 Å². The Morgan fingerprint density at radius 1 is 1.19 bits per heavy atom. The molecule has 1 unspecified atom stereocenters. The van der Waals surface area contributed by atoms with Gasteiger partial charge in [-0.05, 0) is 37.8 Å². The zero-order valence-electron chi connectivity index (χ0n) is 15.2. The first kappa shape index (κ1) is 18.2. The molecule has 0 N–H and O–H groups in total. The van der Waals surface area contributed by atoms with E-state index in [9.17, 15) is 18.0 Å². The highest BCUT2D eigenvalue weighted by Crippen LogP contribution is 2.38. The van der Waals surface area contributed by atoms with E-state index in [-0.39, 0.29) is 41.8 Å². The lowest BCUT2D eigenvalue weighted by Crippen LogP contribution is -2.49. The molecule has 1 aromatic carbocycles. The number of carbonyl (C=O) groups is 1. The molecule has 2 bridgehead atoms. The minimum atomic E-state index is -3.07. The predicted octanol–water partition coefficient (Wildman–Crippen LogP) is 1.35. The quantitative estimate of drug-likeness (QED) is 0.788. The lowest BCUT2D eigenvalue weighted by Gasteiger charge is -2.38. The molecule has 4 rings (SSSR count). The van der Waals surface area contributed by atoms with Crippen LogP contribution in [0.3, 0.4) is 0 Å². The average Bonchev–Trinajstić information content (AvgIpc) is 2.89. The van der Waals surface area contributed by atoms with E-state index in [1.807, 2.05) is 11.0 Å². The van der Waals surface area contributed by atoms with Crippen LogP contribution in [0.1, 0.15) is 32.1 Å². The maximum atomic E-state index is 12.8. The summed E-state index contributed by atoms with van der Waals surface area (Å²) in [4.78, 5) is 31.5. The van der Waals surface area contributed by atoms with Gasteiger partial charge < -0.3 is 4.90 Å². The third kappa shape index (κ3) is 3.38. The van der Waals surface area contributed by atoms with Gasteiger partial charge in [0, 0.05) is 31.3 Å². The minimum absolute atomic E-state index is 0.00225. The first-order chi connectivity index (χ1) is 12.8. The van der Waals surface area contributed by atoms with E-state index in [4.69, 9.17) is 0 Å². The van der Waals surface area contributed by atoms with E-state index in [0.29, 0.717) is 23.7 Å². The second-order valence-electron chi connectivity index (χ2n) is 7.62. The Kier molecular flexibility index (Phi) is 4.53. The van der Waals surface area contributed by atoms with Gasteiger partial charge in [-0.15, -0.1) is 0 Å². The van der Waals surface area contributed by atoms with Gasteiger partial charge in [-0.25, -0.2) is 13.4 Å². The van der Waals surface area contributed by atoms with Crippen LogP contribution in [0.2, 0.25) is 0 Å². The number of nitrogens with zero attached hydrogens (tertiary/aromatic N) is 3. The van der Waals surface area contributed by atoms with Crippen LogP contribution in [-0.4, -0.2) is 52.4 Å². The van der Waals surface area contributed by atoms with Gasteiger partial charge >= 0.3 is 0 Å². The van der Waals surface area contributed by atoms with E-state index >= 15 is 0 Å². The summed E-state index contributed by atoms with van der Waals surface area (Å²) in [5.74, 6) is -0.00508. The number of hydrogen-bond acceptors (Lipinski definition) is 5. The van der Waals surface area contributed by atoms with Gasteiger partial charge in [0.25, 0.3) is 5.56 Å². The number of aromatic nitrogens is 2. The molecular formula is C19H23N3O4S. The number of rotatable bonds is 4. The molecule has 1 amide bonds. The highest BCUT2D eigenvalue weighted by molar-refractivity contribution is 7.91. The fourth-order valence-electron chi connectivity index (χ4n) is 4.49. The molecule has 2 aliphatic rings. The highest BCUT2D eigenvalue weighted by atomic mass is 32.2. The van der Waals surface area contributed by atoms with Crippen molar-refractivity contribution in [1.82, 2.24) is 14.5 Å². The summed E-state index contributed by atoms with van der Waals surface area (Å²) in [6, 6.07) is 7.16. The molecular weight excluding hydrogens is 366 g/mol. The summed E-state index contributed by atoms with van der Waals surface area (Å²) in [6.07, 6.45) is 5.77. The Morgan fingerprint density at radius 3 is 2.52 bits per heavy atom. The second kappa shape index (κ2) is 6.74. The first-order valence-corrected chi connectivity index (χ1v) is 11.2. The summed E-state index contributed by atoms with van der Waals surface area (Å²) in [7, 11) is -3.07. The van der Waals surface area contributed by atoms with Crippen LogP contribution in [0.4, 0.5) is 0 Å². The van der Waals surface area contributed by atoms with Crippen molar-refractivity contribution in [2.75, 3.05) is 6.26 Å². The molecule has 27 heavy (non-hydrogen) atoms. The molecule has 2 saturated heterocycles. The van der Waals surface area contributed by atoms with Crippen LogP contribution in [0.5, 0.6) is 0 Å². The molecule has 8 heteroatoms. The van der Waals surface area contributed by atoms with Crippen LogP contribution in [0.15, 0.2) is 35.4 Å². The molecule has 0 aliphatic carbocycles. The maximum absolute atomic E-state index is 12.8. The summed E-state index contributed by atoms with van der Waals surface area (Å²) in [5.41, 5.74) is 0.498. The van der Waals surface area contributed by atoms with Gasteiger partial charge in [0.1, 0.15) is 9.84 Å². The molecule has 0 saturated carbocycles. The fraction of sp³-hybridized carbons (Fsp3) is 0.526. The van der Waals surface area contributed by atoms with Gasteiger partial charge in [0.15, 0.2) is 0 Å². The Hall–Kier alpha value is -2.22. The largest absolute Gasteiger partial charge is 0.337 e. The highest BCUT2D eigenvalue weighted by Gasteiger charge is 2.45. The van der Waals surface area contributed by atoms with Crippen LogP contribution in [-0.2, 0) is 21.2 Å². The smallest absolute Gasteiger partial charge is 0.261 e. The molecule has 1 aromatic heterocycles. The van der Waals surface area contributed by atoms with Crippen molar-refractivity contribution < 1.29 is 13.2 Å². The van der Waals surface area contributed by atoms with E-state index < -0.39 is 9.84 Å². The van der Waals surface area contributed by atoms with Gasteiger partial charge in [0.05, 0.1) is 22.5 Å². The summed E-state index contributed by atoms with van der Waals surface area (Å²) < 4.78 is 25.3. The zero-order valence-corrected chi connectivity index (χ0v) is 16.1. The van der Waals surface area contributed by atoms with Gasteiger partial charge in [-0.3, -0.25) is 14.2 Å². The summed E-state index contributed by atoms with van der Waals surface area (Å²) in [5, 5.41) is 0.202. The number of sulfone groups is 1. The summed E-state index contributed by atoms with van der Waals surface area (Å²) >= 11 is 0. The Morgan fingerprint density at radius 2 is 1.85 bits per heavy atom. The predicted molar refractivity (Wildman–Crippen MR) is 102 cm³/mol. The Balaban J connectivity index is 1.47. The Bertz CT molecular complexity index is 1030. The lowest BCUT2D eigenvalue weighted by atomic mass is 10.0. The van der Waals surface area contributed by atoms with Crippen molar-refractivity contribution in [2.24, 2.45) is 0 Å². The van der Waals surface area contributed by atoms with E-state index in [1.165, 1.54) is 17.2 Å². The lowest BCUT2D eigenvalue weighted by molar-refractivity contribution is -0.135. The van der Waals surface area contributed by atoms with Crippen molar-refractivity contribution >= 4 is 26.6 Å². The van der Waals surface area contributed by atoms with Crippen molar-refractivity contribution in [2.45, 2.75) is 56.0 Å². The molecule has 2 aliphatic heterocycles. The van der Waals surface area contributed by atoms with Crippen LogP contribution in [0, 0.1) is 0 Å². The normalized spacial score (nSPS) is 25.1. The number of fused-ring (bicyclic) bond motifs is 3. The molecule has 0 radical (unpaired) electrons. The topological polar surface area (TPSA) is 89.3 Å². The molecule has 2 fully saturated rings. The first-order valence-electron chi connectivity index (χ1n) is 9.29. The van der Waals surface area contributed by atoms with Crippen LogP contribution < -0.4 is 5.56 Å². The zero-order chi connectivity index (χ0) is 19.2. The second-order valence-corrected chi connectivity index (χ2v) is 9.94. The number of benzene rings is 1. The van der Waals surface area contributed by atoms with Crippen molar-refractivity contribution in [1.29, 1.82) is 0 Å². The van der Waals surface area contributed by atoms with E-state index in [0.717, 1.165) is 12.8 Å².